The highest BCUT2D eigenvalue weighted by Crippen LogP contribution is 2.30. The van der Waals surface area contributed by atoms with Crippen LogP contribution in [0.4, 0.5) is 0 Å². The Morgan fingerprint density at radius 2 is 2.05 bits per heavy atom. The van der Waals surface area contributed by atoms with E-state index in [2.05, 4.69) is 17.6 Å². The molecule has 1 aliphatic rings. The molecule has 2 rings (SSSR count). The van der Waals surface area contributed by atoms with Crippen LogP contribution < -0.4 is 20.1 Å². The standard InChI is InChI=1S/C17H26N2O3/c1-11-9-14(7-8-18-11)17(20)19-12(2)13-5-6-15(21-3)16(10-13)22-4/h5-6,10-12,14,18H,7-9H2,1-4H3,(H,19,20)/t11-,12?,14-/m0/s1. The Bertz CT molecular complexity index is 519. The summed E-state index contributed by atoms with van der Waals surface area (Å²) in [4.78, 5) is 12.4. The lowest BCUT2D eigenvalue weighted by Crippen LogP contribution is -2.42. The van der Waals surface area contributed by atoms with Gasteiger partial charge >= 0.3 is 0 Å². The summed E-state index contributed by atoms with van der Waals surface area (Å²) in [6.07, 6.45) is 1.79. The predicted molar refractivity (Wildman–Crippen MR) is 86.3 cm³/mol. The maximum Gasteiger partial charge on any atom is 0.223 e. The van der Waals surface area contributed by atoms with Gasteiger partial charge in [0, 0.05) is 12.0 Å². The van der Waals surface area contributed by atoms with E-state index < -0.39 is 0 Å². The van der Waals surface area contributed by atoms with Crippen molar-refractivity contribution in [2.24, 2.45) is 5.92 Å². The molecule has 0 bridgehead atoms. The first-order valence-electron chi connectivity index (χ1n) is 7.80. The minimum atomic E-state index is -0.0579. The van der Waals surface area contributed by atoms with Gasteiger partial charge in [0.05, 0.1) is 20.3 Å². The largest absolute Gasteiger partial charge is 0.493 e. The smallest absolute Gasteiger partial charge is 0.223 e. The predicted octanol–water partition coefficient (Wildman–Crippen LogP) is 2.27. The van der Waals surface area contributed by atoms with Crippen LogP contribution in [-0.4, -0.2) is 32.7 Å². The van der Waals surface area contributed by atoms with Gasteiger partial charge in [-0.3, -0.25) is 4.79 Å². The summed E-state index contributed by atoms with van der Waals surface area (Å²) in [7, 11) is 3.22. The number of ether oxygens (including phenoxy) is 2. The van der Waals surface area contributed by atoms with Gasteiger partial charge in [-0.2, -0.15) is 0 Å². The molecule has 2 N–H and O–H groups in total. The molecule has 1 aliphatic heterocycles. The van der Waals surface area contributed by atoms with E-state index in [0.717, 1.165) is 24.9 Å². The molecule has 1 aromatic carbocycles. The fourth-order valence-corrected chi connectivity index (χ4v) is 2.91. The van der Waals surface area contributed by atoms with Crippen molar-refractivity contribution in [2.45, 2.75) is 38.8 Å². The molecule has 1 unspecified atom stereocenters. The number of methoxy groups -OCH3 is 2. The summed E-state index contributed by atoms with van der Waals surface area (Å²) in [5.41, 5.74) is 1.01. The average Bonchev–Trinajstić information content (AvgIpc) is 2.54. The summed E-state index contributed by atoms with van der Waals surface area (Å²) < 4.78 is 10.6. The normalized spacial score (nSPS) is 22.7. The van der Waals surface area contributed by atoms with Gasteiger partial charge in [-0.05, 0) is 50.9 Å². The van der Waals surface area contributed by atoms with Crippen molar-refractivity contribution in [2.75, 3.05) is 20.8 Å². The Morgan fingerprint density at radius 1 is 1.32 bits per heavy atom. The second-order valence-corrected chi connectivity index (χ2v) is 5.92. The van der Waals surface area contributed by atoms with Crippen LogP contribution in [-0.2, 0) is 4.79 Å². The maximum absolute atomic E-state index is 12.4. The van der Waals surface area contributed by atoms with Gasteiger partial charge in [0.2, 0.25) is 5.91 Å². The quantitative estimate of drug-likeness (QED) is 0.876. The van der Waals surface area contributed by atoms with Crippen LogP contribution in [0, 0.1) is 5.92 Å². The number of nitrogens with one attached hydrogen (secondary N) is 2. The van der Waals surface area contributed by atoms with E-state index in [1.165, 1.54) is 0 Å². The lowest BCUT2D eigenvalue weighted by atomic mass is 9.92. The van der Waals surface area contributed by atoms with Crippen LogP contribution >= 0.6 is 0 Å². The number of amides is 1. The first-order chi connectivity index (χ1) is 10.5. The van der Waals surface area contributed by atoms with Crippen molar-refractivity contribution in [1.29, 1.82) is 0 Å². The van der Waals surface area contributed by atoms with Crippen LogP contribution in [0.5, 0.6) is 11.5 Å². The molecule has 1 fully saturated rings. The van der Waals surface area contributed by atoms with Crippen LogP contribution in [0.1, 0.15) is 38.3 Å². The molecule has 1 saturated heterocycles. The fourth-order valence-electron chi connectivity index (χ4n) is 2.91. The third kappa shape index (κ3) is 3.91. The van der Waals surface area contributed by atoms with Crippen molar-refractivity contribution in [1.82, 2.24) is 10.6 Å². The van der Waals surface area contributed by atoms with Crippen LogP contribution in [0.15, 0.2) is 18.2 Å². The lowest BCUT2D eigenvalue weighted by molar-refractivity contribution is -0.126. The minimum Gasteiger partial charge on any atom is -0.493 e. The van der Waals surface area contributed by atoms with E-state index in [1.54, 1.807) is 14.2 Å². The van der Waals surface area contributed by atoms with Crippen LogP contribution in [0.25, 0.3) is 0 Å². The van der Waals surface area contributed by atoms with Gasteiger partial charge in [-0.25, -0.2) is 0 Å². The second kappa shape index (κ2) is 7.49. The molecule has 3 atom stereocenters. The van der Waals surface area contributed by atoms with Crippen molar-refractivity contribution in [3.63, 3.8) is 0 Å². The number of benzene rings is 1. The fraction of sp³-hybridized carbons (Fsp3) is 0.588. The zero-order valence-electron chi connectivity index (χ0n) is 13.8. The highest BCUT2D eigenvalue weighted by Gasteiger charge is 2.25. The second-order valence-electron chi connectivity index (χ2n) is 5.92. The molecule has 0 spiro atoms. The summed E-state index contributed by atoms with van der Waals surface area (Å²) >= 11 is 0. The van der Waals surface area contributed by atoms with E-state index in [0.29, 0.717) is 17.5 Å². The molecule has 5 nitrogen and oxygen atoms in total. The molecule has 22 heavy (non-hydrogen) atoms. The third-order valence-electron chi connectivity index (χ3n) is 4.26. The molecule has 0 aliphatic carbocycles. The summed E-state index contributed by atoms with van der Waals surface area (Å²) in [5.74, 6) is 1.60. The van der Waals surface area contributed by atoms with Gasteiger partial charge in [-0.15, -0.1) is 0 Å². The zero-order chi connectivity index (χ0) is 16.1. The van der Waals surface area contributed by atoms with Gasteiger partial charge < -0.3 is 20.1 Å². The molecular formula is C17H26N2O3. The van der Waals surface area contributed by atoms with Crippen molar-refractivity contribution < 1.29 is 14.3 Å². The summed E-state index contributed by atoms with van der Waals surface area (Å²) in [6.45, 7) is 5.02. The van der Waals surface area contributed by atoms with E-state index >= 15 is 0 Å². The number of carbonyl (C=O) groups is 1. The Hall–Kier alpha value is -1.75. The molecule has 5 heteroatoms. The average molecular weight is 306 g/mol. The summed E-state index contributed by atoms with van der Waals surface area (Å²) in [6, 6.07) is 6.08. The maximum atomic E-state index is 12.4. The van der Waals surface area contributed by atoms with Gasteiger partial charge in [0.25, 0.3) is 0 Å². The number of hydrogen-bond donors (Lipinski definition) is 2. The summed E-state index contributed by atoms with van der Waals surface area (Å²) in [5, 5.41) is 6.48. The minimum absolute atomic E-state index is 0.0579. The number of carbonyl (C=O) groups excluding carboxylic acids is 1. The number of piperidine rings is 1. The first kappa shape index (κ1) is 16.6. The Balaban J connectivity index is 2.02. The van der Waals surface area contributed by atoms with Crippen molar-refractivity contribution in [3.05, 3.63) is 23.8 Å². The van der Waals surface area contributed by atoms with Crippen molar-refractivity contribution in [3.8, 4) is 11.5 Å². The van der Waals surface area contributed by atoms with E-state index in [9.17, 15) is 4.79 Å². The van der Waals surface area contributed by atoms with Crippen molar-refractivity contribution >= 4 is 5.91 Å². The Labute approximate surface area is 132 Å². The molecule has 0 saturated carbocycles. The Morgan fingerprint density at radius 3 is 2.68 bits per heavy atom. The first-order valence-corrected chi connectivity index (χ1v) is 7.80. The van der Waals surface area contributed by atoms with Gasteiger partial charge in [0.1, 0.15) is 0 Å². The van der Waals surface area contributed by atoms with Gasteiger partial charge in [0.15, 0.2) is 11.5 Å². The lowest BCUT2D eigenvalue weighted by Gasteiger charge is -2.28. The Kier molecular flexibility index (Phi) is 5.66. The molecule has 1 amide bonds. The molecule has 122 valence electrons. The number of rotatable bonds is 5. The molecule has 1 aromatic rings. The topological polar surface area (TPSA) is 59.6 Å². The SMILES string of the molecule is COc1ccc(C(C)NC(=O)[C@H]2CCN[C@@H](C)C2)cc1OC. The third-order valence-corrected chi connectivity index (χ3v) is 4.26. The highest BCUT2D eigenvalue weighted by molar-refractivity contribution is 5.79. The van der Waals surface area contributed by atoms with E-state index in [-0.39, 0.29) is 17.9 Å². The van der Waals surface area contributed by atoms with Crippen LogP contribution in [0.2, 0.25) is 0 Å². The molecular weight excluding hydrogens is 280 g/mol. The zero-order valence-corrected chi connectivity index (χ0v) is 13.8. The van der Waals surface area contributed by atoms with Gasteiger partial charge in [-0.1, -0.05) is 6.07 Å². The number of hydrogen-bond acceptors (Lipinski definition) is 4. The monoisotopic (exact) mass is 306 g/mol. The molecule has 0 aromatic heterocycles. The van der Waals surface area contributed by atoms with Crippen LogP contribution in [0.3, 0.4) is 0 Å². The van der Waals surface area contributed by atoms with E-state index in [1.807, 2.05) is 25.1 Å². The van der Waals surface area contributed by atoms with E-state index in [4.69, 9.17) is 9.47 Å². The highest BCUT2D eigenvalue weighted by atomic mass is 16.5. The molecule has 0 radical (unpaired) electrons. The molecule has 1 heterocycles.